The van der Waals surface area contributed by atoms with E-state index in [9.17, 15) is 13.9 Å². The molecule has 9 heteroatoms. The van der Waals surface area contributed by atoms with Crippen molar-refractivity contribution in [2.75, 3.05) is 19.7 Å². The molecule has 1 fully saturated rings. The van der Waals surface area contributed by atoms with Crippen LogP contribution in [-0.2, 0) is 28.4 Å². The van der Waals surface area contributed by atoms with Gasteiger partial charge in [-0.2, -0.15) is 13.9 Å². The number of piperidine rings is 1. The van der Waals surface area contributed by atoms with Gasteiger partial charge in [-0.15, -0.1) is 11.3 Å². The zero-order chi connectivity index (χ0) is 24.3. The summed E-state index contributed by atoms with van der Waals surface area (Å²) in [6.07, 6.45) is 5.04. The van der Waals surface area contributed by atoms with Crippen LogP contribution >= 0.6 is 11.3 Å². The van der Waals surface area contributed by atoms with E-state index in [0.717, 1.165) is 29.2 Å². The van der Waals surface area contributed by atoms with E-state index >= 15 is 0 Å². The maximum absolute atomic E-state index is 14.4. The van der Waals surface area contributed by atoms with Crippen LogP contribution in [0.1, 0.15) is 58.8 Å². The number of pyridine rings is 1. The van der Waals surface area contributed by atoms with E-state index in [1.807, 2.05) is 26.1 Å². The molecule has 0 aliphatic carbocycles. The Morgan fingerprint density at radius 1 is 1.24 bits per heavy atom. The van der Waals surface area contributed by atoms with Crippen molar-refractivity contribution in [3.63, 3.8) is 0 Å². The molecule has 2 aliphatic heterocycles. The molecular weight excluding hydrogens is 458 g/mol. The number of ether oxygens (including phenoxy) is 1. The van der Waals surface area contributed by atoms with Gasteiger partial charge in [0.25, 0.3) is 5.92 Å². The number of aromatic nitrogens is 3. The third kappa shape index (κ3) is 4.08. The molecule has 0 amide bonds. The number of hydrogen-bond acceptors (Lipinski definition) is 6. The minimum atomic E-state index is -2.92. The van der Waals surface area contributed by atoms with Crippen LogP contribution in [0.5, 0.6) is 0 Å². The Kier molecular flexibility index (Phi) is 5.67. The number of rotatable bonds is 4. The molecule has 3 aromatic rings. The first-order valence-electron chi connectivity index (χ1n) is 11.6. The van der Waals surface area contributed by atoms with Gasteiger partial charge in [0.1, 0.15) is 12.2 Å². The van der Waals surface area contributed by atoms with E-state index < -0.39 is 23.7 Å². The molecule has 0 saturated carbocycles. The average molecular weight is 489 g/mol. The summed E-state index contributed by atoms with van der Waals surface area (Å²) in [5, 5.41) is 15.2. The number of thiophene rings is 1. The quantitative estimate of drug-likeness (QED) is 0.572. The van der Waals surface area contributed by atoms with Gasteiger partial charge in [0, 0.05) is 58.5 Å². The first kappa shape index (κ1) is 23.5. The van der Waals surface area contributed by atoms with Crippen LogP contribution in [-0.4, -0.2) is 44.5 Å². The Bertz CT molecular complexity index is 1210. The van der Waals surface area contributed by atoms with Crippen LogP contribution in [0.4, 0.5) is 8.78 Å². The summed E-state index contributed by atoms with van der Waals surface area (Å²) in [4.78, 5) is 8.39. The second-order valence-corrected chi connectivity index (χ2v) is 11.2. The highest BCUT2D eigenvalue weighted by molar-refractivity contribution is 7.12. The monoisotopic (exact) mass is 488 g/mol. The topological polar surface area (TPSA) is 63.4 Å². The van der Waals surface area contributed by atoms with E-state index in [1.54, 1.807) is 36.9 Å². The number of nitrogens with zero attached hydrogens (tertiary/aromatic N) is 4. The smallest absolute Gasteiger partial charge is 0.297 e. The summed E-state index contributed by atoms with van der Waals surface area (Å²) in [7, 11) is 0. The fraction of sp³-hybridized carbons (Fsp3) is 0.520. The van der Waals surface area contributed by atoms with Gasteiger partial charge < -0.3 is 9.84 Å². The van der Waals surface area contributed by atoms with Crippen molar-refractivity contribution >= 4 is 11.3 Å². The molecule has 1 saturated heterocycles. The maximum atomic E-state index is 14.4. The predicted molar refractivity (Wildman–Crippen MR) is 126 cm³/mol. The van der Waals surface area contributed by atoms with E-state index in [4.69, 9.17) is 4.74 Å². The van der Waals surface area contributed by atoms with Crippen LogP contribution in [0, 0.1) is 13.8 Å². The van der Waals surface area contributed by atoms with Crippen molar-refractivity contribution in [2.45, 2.75) is 64.2 Å². The van der Waals surface area contributed by atoms with Crippen LogP contribution in [0.15, 0.2) is 30.6 Å². The van der Waals surface area contributed by atoms with Crippen LogP contribution in [0.2, 0.25) is 0 Å². The van der Waals surface area contributed by atoms with Gasteiger partial charge in [-0.3, -0.25) is 4.90 Å². The van der Waals surface area contributed by atoms with Gasteiger partial charge in [-0.1, -0.05) is 6.07 Å². The van der Waals surface area contributed by atoms with Gasteiger partial charge in [-0.05, 0) is 52.7 Å². The van der Waals surface area contributed by atoms with Crippen molar-refractivity contribution in [2.24, 2.45) is 0 Å². The number of aryl methyl sites for hydroxylation is 2. The average Bonchev–Trinajstić information content (AvgIpc) is 3.36. The van der Waals surface area contributed by atoms with Crippen molar-refractivity contribution in [1.82, 2.24) is 19.7 Å². The molecule has 34 heavy (non-hydrogen) atoms. The lowest BCUT2D eigenvalue weighted by Crippen LogP contribution is -2.48. The number of likely N-dealkylation sites (tertiary alicyclic amines) is 1. The molecule has 6 nitrogen and oxygen atoms in total. The molecule has 0 unspecified atom stereocenters. The summed E-state index contributed by atoms with van der Waals surface area (Å²) < 4.78 is 36.5. The standard InChI is InChI=1S/C25H30F2N4O2S/c1-16-12-20-21(34-16)24(33-15-25(20,26)27)7-10-30(11-8-24)13-18-14-31(29-17(18)2)22-19(23(3,4)32)6-5-9-28-22/h5-6,9,12,14,32H,7-8,10-11,13,15H2,1-4H3. The zero-order valence-electron chi connectivity index (χ0n) is 19.9. The van der Waals surface area contributed by atoms with Crippen molar-refractivity contribution in [3.05, 3.63) is 62.7 Å². The normalized spacial score (nSPS) is 20.0. The molecule has 0 bridgehead atoms. The van der Waals surface area contributed by atoms with Crippen molar-refractivity contribution < 1.29 is 18.6 Å². The lowest BCUT2D eigenvalue weighted by atomic mass is 9.84. The minimum absolute atomic E-state index is 0.157. The first-order valence-corrected chi connectivity index (χ1v) is 12.4. The highest BCUT2D eigenvalue weighted by Gasteiger charge is 2.51. The van der Waals surface area contributed by atoms with Gasteiger partial charge in [0.15, 0.2) is 5.82 Å². The van der Waals surface area contributed by atoms with E-state index in [-0.39, 0.29) is 5.56 Å². The number of fused-ring (bicyclic) bond motifs is 2. The zero-order valence-corrected chi connectivity index (χ0v) is 20.8. The minimum Gasteiger partial charge on any atom is -0.386 e. The Labute approximate surface area is 202 Å². The maximum Gasteiger partial charge on any atom is 0.297 e. The van der Waals surface area contributed by atoms with Crippen LogP contribution in [0.3, 0.4) is 0 Å². The largest absolute Gasteiger partial charge is 0.386 e. The van der Waals surface area contributed by atoms with E-state index in [0.29, 0.717) is 35.6 Å². The fourth-order valence-electron chi connectivity index (χ4n) is 5.00. The van der Waals surface area contributed by atoms with Gasteiger partial charge in [-0.25, -0.2) is 9.67 Å². The number of aliphatic hydroxyl groups is 1. The van der Waals surface area contributed by atoms with Crippen LogP contribution < -0.4 is 0 Å². The lowest BCUT2D eigenvalue weighted by Gasteiger charge is -2.45. The Morgan fingerprint density at radius 2 is 1.97 bits per heavy atom. The van der Waals surface area contributed by atoms with Crippen molar-refractivity contribution in [3.8, 4) is 5.82 Å². The van der Waals surface area contributed by atoms with Gasteiger partial charge in [0.2, 0.25) is 0 Å². The molecule has 3 aromatic heterocycles. The summed E-state index contributed by atoms with van der Waals surface area (Å²) in [5.74, 6) is -2.30. The van der Waals surface area contributed by atoms with E-state index in [2.05, 4.69) is 15.0 Å². The molecule has 0 aromatic carbocycles. The van der Waals surface area contributed by atoms with Gasteiger partial charge >= 0.3 is 0 Å². The van der Waals surface area contributed by atoms with E-state index in [1.165, 1.54) is 11.3 Å². The predicted octanol–water partition coefficient (Wildman–Crippen LogP) is 4.79. The molecular formula is C25H30F2N4O2S. The number of alkyl halides is 2. The number of halogens is 2. The number of hydrogen-bond donors (Lipinski definition) is 1. The molecule has 2 aliphatic rings. The molecule has 0 atom stereocenters. The van der Waals surface area contributed by atoms with Gasteiger partial charge in [0.05, 0.1) is 11.3 Å². The SMILES string of the molecule is Cc1cc2c(s1)C1(CCN(Cc3cn(-c4ncccc4C(C)(C)O)nc3C)CC1)OCC2(F)F. The summed E-state index contributed by atoms with van der Waals surface area (Å²) in [6, 6.07) is 5.30. The second-order valence-electron chi connectivity index (χ2n) is 9.98. The molecule has 0 radical (unpaired) electrons. The molecule has 5 heterocycles. The Morgan fingerprint density at radius 3 is 2.68 bits per heavy atom. The molecule has 1 spiro atoms. The molecule has 182 valence electrons. The third-order valence-corrected chi connectivity index (χ3v) is 8.15. The Balaban J connectivity index is 1.33. The fourth-order valence-corrected chi connectivity index (χ4v) is 6.26. The van der Waals surface area contributed by atoms with Crippen molar-refractivity contribution in [1.29, 1.82) is 0 Å². The second kappa shape index (κ2) is 8.19. The third-order valence-electron chi connectivity index (χ3n) is 6.91. The van der Waals surface area contributed by atoms with Crippen LogP contribution in [0.25, 0.3) is 5.82 Å². The summed E-state index contributed by atoms with van der Waals surface area (Å²) >= 11 is 1.45. The highest BCUT2D eigenvalue weighted by atomic mass is 32.1. The molecule has 5 rings (SSSR count). The highest BCUT2D eigenvalue weighted by Crippen LogP contribution is 2.51. The summed E-state index contributed by atoms with van der Waals surface area (Å²) in [6.45, 7) is 8.99. The Hall–Kier alpha value is -2.20. The summed E-state index contributed by atoms with van der Waals surface area (Å²) in [5.41, 5.74) is 1.19. The first-order chi connectivity index (χ1) is 16.0. The molecule has 1 N–H and O–H groups in total. The lowest BCUT2D eigenvalue weighted by molar-refractivity contribution is -0.182.